The third-order valence-corrected chi connectivity index (χ3v) is 2.94. The van der Waals surface area contributed by atoms with Gasteiger partial charge in [-0.05, 0) is 6.42 Å². The zero-order valence-electron chi connectivity index (χ0n) is 9.01. The SMILES string of the molecule is CCC1OC(COC)C(O)C(O)C1C. The number of rotatable bonds is 3. The van der Waals surface area contributed by atoms with Gasteiger partial charge in [-0.1, -0.05) is 13.8 Å². The standard InChI is InChI=1S/C10H20O4/c1-4-7-6(2)9(11)10(12)8(14-7)5-13-3/h6-12H,4-5H2,1-3H3. The van der Waals surface area contributed by atoms with Crippen molar-refractivity contribution < 1.29 is 19.7 Å². The molecule has 1 rings (SSSR count). The van der Waals surface area contributed by atoms with Crippen molar-refractivity contribution in [3.8, 4) is 0 Å². The van der Waals surface area contributed by atoms with E-state index in [4.69, 9.17) is 9.47 Å². The van der Waals surface area contributed by atoms with E-state index in [9.17, 15) is 10.2 Å². The second-order valence-electron chi connectivity index (χ2n) is 3.92. The van der Waals surface area contributed by atoms with Crippen LogP contribution in [0.3, 0.4) is 0 Å². The molecule has 84 valence electrons. The summed E-state index contributed by atoms with van der Waals surface area (Å²) in [5, 5.41) is 19.5. The van der Waals surface area contributed by atoms with E-state index >= 15 is 0 Å². The summed E-state index contributed by atoms with van der Waals surface area (Å²) in [6.07, 6.45) is -1.11. The number of methoxy groups -OCH3 is 1. The summed E-state index contributed by atoms with van der Waals surface area (Å²) in [7, 11) is 1.56. The third kappa shape index (κ3) is 2.25. The lowest BCUT2D eigenvalue weighted by atomic mass is 9.87. The molecule has 1 aliphatic rings. The van der Waals surface area contributed by atoms with Gasteiger partial charge in [0.2, 0.25) is 0 Å². The zero-order chi connectivity index (χ0) is 10.7. The number of hydrogen-bond acceptors (Lipinski definition) is 4. The maximum atomic E-state index is 9.76. The van der Waals surface area contributed by atoms with Crippen LogP contribution in [0.15, 0.2) is 0 Å². The Morgan fingerprint density at radius 1 is 1.21 bits per heavy atom. The van der Waals surface area contributed by atoms with Crippen LogP contribution in [0.2, 0.25) is 0 Å². The first-order valence-electron chi connectivity index (χ1n) is 5.12. The summed E-state index contributed by atoms with van der Waals surface area (Å²) in [4.78, 5) is 0. The van der Waals surface area contributed by atoms with Gasteiger partial charge in [-0.2, -0.15) is 0 Å². The lowest BCUT2D eigenvalue weighted by Gasteiger charge is -2.41. The molecule has 4 nitrogen and oxygen atoms in total. The Kier molecular flexibility index (Phi) is 4.31. The van der Waals surface area contributed by atoms with Crippen molar-refractivity contribution in [1.29, 1.82) is 0 Å². The second kappa shape index (κ2) is 5.07. The highest BCUT2D eigenvalue weighted by atomic mass is 16.5. The number of aliphatic hydroxyl groups excluding tert-OH is 2. The van der Waals surface area contributed by atoms with Crippen molar-refractivity contribution in [3.63, 3.8) is 0 Å². The van der Waals surface area contributed by atoms with Gasteiger partial charge in [-0.3, -0.25) is 0 Å². The van der Waals surface area contributed by atoms with Crippen LogP contribution in [0.5, 0.6) is 0 Å². The molecule has 5 unspecified atom stereocenters. The van der Waals surface area contributed by atoms with E-state index in [0.29, 0.717) is 6.61 Å². The lowest BCUT2D eigenvalue weighted by Crippen LogP contribution is -2.54. The van der Waals surface area contributed by atoms with Crippen LogP contribution in [0.4, 0.5) is 0 Å². The molecule has 4 heteroatoms. The maximum absolute atomic E-state index is 9.76. The molecule has 1 saturated heterocycles. The molecule has 0 aliphatic carbocycles. The van der Waals surface area contributed by atoms with E-state index in [1.807, 2.05) is 13.8 Å². The van der Waals surface area contributed by atoms with Crippen LogP contribution in [0, 0.1) is 5.92 Å². The van der Waals surface area contributed by atoms with Gasteiger partial charge in [0, 0.05) is 13.0 Å². The van der Waals surface area contributed by atoms with E-state index in [-0.39, 0.29) is 12.0 Å². The van der Waals surface area contributed by atoms with E-state index in [2.05, 4.69) is 0 Å². The van der Waals surface area contributed by atoms with Gasteiger partial charge in [0.05, 0.1) is 18.8 Å². The van der Waals surface area contributed by atoms with E-state index in [1.54, 1.807) is 7.11 Å². The van der Waals surface area contributed by atoms with Crippen molar-refractivity contribution in [1.82, 2.24) is 0 Å². The van der Waals surface area contributed by atoms with Gasteiger partial charge in [0.1, 0.15) is 12.2 Å². The third-order valence-electron chi connectivity index (χ3n) is 2.94. The predicted octanol–water partition coefficient (Wildman–Crippen LogP) is 0.168. The highest BCUT2D eigenvalue weighted by Gasteiger charge is 2.41. The molecule has 0 aromatic heterocycles. The molecular weight excluding hydrogens is 184 g/mol. The first kappa shape index (κ1) is 11.9. The smallest absolute Gasteiger partial charge is 0.110 e. The summed E-state index contributed by atoms with van der Waals surface area (Å²) >= 11 is 0. The first-order valence-corrected chi connectivity index (χ1v) is 5.12. The Morgan fingerprint density at radius 2 is 1.86 bits per heavy atom. The van der Waals surface area contributed by atoms with Crippen LogP contribution in [0.1, 0.15) is 20.3 Å². The molecule has 0 bridgehead atoms. The average Bonchev–Trinajstić information content (AvgIpc) is 2.19. The largest absolute Gasteiger partial charge is 0.390 e. The molecule has 0 aromatic rings. The van der Waals surface area contributed by atoms with E-state index in [1.165, 1.54) is 0 Å². The number of ether oxygens (including phenoxy) is 2. The van der Waals surface area contributed by atoms with E-state index < -0.39 is 18.3 Å². The fourth-order valence-corrected chi connectivity index (χ4v) is 1.95. The summed E-state index contributed by atoms with van der Waals surface area (Å²) in [6.45, 7) is 4.22. The van der Waals surface area contributed by atoms with Gasteiger partial charge in [0.25, 0.3) is 0 Å². The zero-order valence-corrected chi connectivity index (χ0v) is 9.01. The monoisotopic (exact) mass is 204 g/mol. The average molecular weight is 204 g/mol. The predicted molar refractivity (Wildman–Crippen MR) is 52.0 cm³/mol. The molecule has 14 heavy (non-hydrogen) atoms. The Bertz CT molecular complexity index is 170. The van der Waals surface area contributed by atoms with Crippen LogP contribution < -0.4 is 0 Å². The lowest BCUT2D eigenvalue weighted by molar-refractivity contribution is -0.207. The summed E-state index contributed by atoms with van der Waals surface area (Å²) in [5.41, 5.74) is 0. The van der Waals surface area contributed by atoms with Crippen molar-refractivity contribution >= 4 is 0 Å². The van der Waals surface area contributed by atoms with Crippen LogP contribution in [-0.4, -0.2) is 48.3 Å². The topological polar surface area (TPSA) is 58.9 Å². The fourth-order valence-electron chi connectivity index (χ4n) is 1.95. The van der Waals surface area contributed by atoms with Gasteiger partial charge in [-0.25, -0.2) is 0 Å². The number of aliphatic hydroxyl groups is 2. The van der Waals surface area contributed by atoms with E-state index in [0.717, 1.165) is 6.42 Å². The highest BCUT2D eigenvalue weighted by Crippen LogP contribution is 2.27. The van der Waals surface area contributed by atoms with Crippen molar-refractivity contribution in [2.45, 2.75) is 44.7 Å². The minimum absolute atomic E-state index is 0.00792. The normalized spacial score (nSPS) is 43.9. The molecule has 0 amide bonds. The van der Waals surface area contributed by atoms with Gasteiger partial charge in [-0.15, -0.1) is 0 Å². The summed E-state index contributed by atoms with van der Waals surface area (Å²) < 4.78 is 10.6. The highest BCUT2D eigenvalue weighted by molar-refractivity contribution is 4.89. The van der Waals surface area contributed by atoms with Crippen molar-refractivity contribution in [3.05, 3.63) is 0 Å². The molecule has 1 fully saturated rings. The van der Waals surface area contributed by atoms with Crippen LogP contribution in [0.25, 0.3) is 0 Å². The molecule has 0 spiro atoms. The molecular formula is C10H20O4. The number of hydrogen-bond donors (Lipinski definition) is 2. The maximum Gasteiger partial charge on any atom is 0.110 e. The summed E-state index contributed by atoms with van der Waals surface area (Å²) in [6, 6.07) is 0. The van der Waals surface area contributed by atoms with Crippen molar-refractivity contribution in [2.24, 2.45) is 5.92 Å². The Labute approximate surface area is 84.8 Å². The molecule has 1 aliphatic heterocycles. The Hall–Kier alpha value is -0.160. The molecule has 0 radical (unpaired) electrons. The van der Waals surface area contributed by atoms with Gasteiger partial charge >= 0.3 is 0 Å². The van der Waals surface area contributed by atoms with Gasteiger partial charge in [0.15, 0.2) is 0 Å². The minimum atomic E-state index is -0.840. The second-order valence-corrected chi connectivity index (χ2v) is 3.92. The Morgan fingerprint density at radius 3 is 2.36 bits per heavy atom. The molecule has 0 aromatic carbocycles. The fraction of sp³-hybridized carbons (Fsp3) is 1.00. The van der Waals surface area contributed by atoms with Crippen molar-refractivity contribution in [2.75, 3.05) is 13.7 Å². The molecule has 2 N–H and O–H groups in total. The van der Waals surface area contributed by atoms with Gasteiger partial charge < -0.3 is 19.7 Å². The minimum Gasteiger partial charge on any atom is -0.390 e. The molecule has 0 saturated carbocycles. The first-order chi connectivity index (χ1) is 6.61. The Balaban J connectivity index is 2.63. The quantitative estimate of drug-likeness (QED) is 0.688. The van der Waals surface area contributed by atoms with Crippen LogP contribution in [-0.2, 0) is 9.47 Å². The molecule has 1 heterocycles. The summed E-state index contributed by atoms with van der Waals surface area (Å²) in [5.74, 6) is -0.0249. The molecule has 5 atom stereocenters. The van der Waals surface area contributed by atoms with Crippen LogP contribution >= 0.6 is 0 Å².